The summed E-state index contributed by atoms with van der Waals surface area (Å²) in [6, 6.07) is 20.0. The Morgan fingerprint density at radius 2 is 1.84 bits per heavy atom. The van der Waals surface area contributed by atoms with Gasteiger partial charge >= 0.3 is 0 Å². The molecule has 0 aliphatic heterocycles. The summed E-state index contributed by atoms with van der Waals surface area (Å²) in [6.07, 6.45) is 2.37. The van der Waals surface area contributed by atoms with Crippen molar-refractivity contribution in [1.29, 1.82) is 0 Å². The molecule has 0 radical (unpaired) electrons. The highest BCUT2D eigenvalue weighted by atomic mass is 19.1. The van der Waals surface area contributed by atoms with Crippen molar-refractivity contribution in [3.8, 4) is 0 Å². The van der Waals surface area contributed by atoms with E-state index in [2.05, 4.69) is 21.7 Å². The number of carbonyl (C=O) groups excluding carboxylic acids is 1. The van der Waals surface area contributed by atoms with E-state index in [0.29, 0.717) is 18.7 Å². The van der Waals surface area contributed by atoms with Crippen molar-refractivity contribution in [2.75, 3.05) is 5.32 Å². The van der Waals surface area contributed by atoms with E-state index in [4.69, 9.17) is 5.21 Å². The summed E-state index contributed by atoms with van der Waals surface area (Å²) in [4.78, 5) is 11.9. The second-order valence-corrected chi connectivity index (χ2v) is 7.33. The normalized spacial score (nSPS) is 11.9. The van der Waals surface area contributed by atoms with Gasteiger partial charge in [-0.15, -0.1) is 5.10 Å². The maximum absolute atomic E-state index is 13.0. The Kier molecular flexibility index (Phi) is 6.18. The van der Waals surface area contributed by atoms with Gasteiger partial charge in [-0.25, -0.2) is 14.6 Å². The Bertz CT molecular complexity index is 1180. The Morgan fingerprint density at radius 3 is 2.61 bits per heavy atom. The molecule has 1 amide bonds. The molecule has 4 rings (SSSR count). The predicted molar refractivity (Wildman–Crippen MR) is 115 cm³/mol. The Balaban J connectivity index is 1.50. The van der Waals surface area contributed by atoms with Gasteiger partial charge in [0, 0.05) is 5.69 Å². The van der Waals surface area contributed by atoms with Crippen LogP contribution >= 0.6 is 0 Å². The van der Waals surface area contributed by atoms with Crippen molar-refractivity contribution in [3.63, 3.8) is 0 Å². The number of amides is 1. The third-order valence-corrected chi connectivity index (χ3v) is 5.08. The summed E-state index contributed by atoms with van der Waals surface area (Å²) in [7, 11) is 0. The number of benzene rings is 3. The fourth-order valence-electron chi connectivity index (χ4n) is 3.49. The topological polar surface area (TPSA) is 92.1 Å². The number of hydroxylamine groups is 1. The van der Waals surface area contributed by atoms with Gasteiger partial charge in [0.25, 0.3) is 0 Å². The number of nitrogens with one attached hydrogen (secondary N) is 2. The predicted octanol–water partition coefficient (Wildman–Crippen LogP) is 3.86. The van der Waals surface area contributed by atoms with E-state index in [1.807, 2.05) is 36.4 Å². The molecule has 0 bridgehead atoms. The summed E-state index contributed by atoms with van der Waals surface area (Å²) in [5, 5.41) is 22.8. The Hall–Kier alpha value is -3.78. The van der Waals surface area contributed by atoms with Gasteiger partial charge in [0.2, 0.25) is 5.91 Å². The molecule has 0 saturated carbocycles. The van der Waals surface area contributed by atoms with Gasteiger partial charge in [-0.05, 0) is 47.0 Å². The monoisotopic (exact) mass is 419 g/mol. The number of anilines is 1. The lowest BCUT2D eigenvalue weighted by Gasteiger charge is -2.16. The minimum atomic E-state index is -0.493. The van der Waals surface area contributed by atoms with E-state index in [1.54, 1.807) is 28.5 Å². The first-order chi connectivity index (χ1) is 15.1. The van der Waals surface area contributed by atoms with Gasteiger partial charge in [0.1, 0.15) is 11.5 Å². The lowest BCUT2D eigenvalue weighted by molar-refractivity contribution is -0.130. The van der Waals surface area contributed by atoms with Crippen LogP contribution in [-0.2, 0) is 17.8 Å². The van der Waals surface area contributed by atoms with Crippen LogP contribution in [0.3, 0.4) is 0 Å². The molecule has 1 unspecified atom stereocenters. The van der Waals surface area contributed by atoms with E-state index in [9.17, 15) is 9.18 Å². The molecule has 0 fully saturated rings. The SMILES string of the molecule is O=C(CC(Cc1ccc2ccccc2c1)n1cc(CNc2ccc(F)cc2)nn1)NO. The number of hydrogen-bond donors (Lipinski definition) is 3. The fourth-order valence-corrected chi connectivity index (χ4v) is 3.49. The smallest absolute Gasteiger partial charge is 0.245 e. The number of halogens is 1. The Labute approximate surface area is 178 Å². The molecule has 1 atom stereocenters. The standard InChI is InChI=1S/C23H22FN5O2/c24-19-7-9-20(10-8-19)25-14-21-15-29(28-26-21)22(13-23(30)27-31)12-16-5-6-17-3-1-2-4-18(17)11-16/h1-11,15,22,25,31H,12-14H2,(H,27,30). The van der Waals surface area contributed by atoms with Crippen molar-refractivity contribution in [2.24, 2.45) is 0 Å². The van der Waals surface area contributed by atoms with Crippen LogP contribution in [0.15, 0.2) is 72.9 Å². The van der Waals surface area contributed by atoms with Gasteiger partial charge < -0.3 is 5.32 Å². The molecule has 0 spiro atoms. The van der Waals surface area contributed by atoms with E-state index in [1.165, 1.54) is 12.1 Å². The number of rotatable bonds is 8. The molecule has 1 aromatic heterocycles. The first-order valence-electron chi connectivity index (χ1n) is 9.91. The average molecular weight is 419 g/mol. The first-order valence-corrected chi connectivity index (χ1v) is 9.91. The number of fused-ring (bicyclic) bond motifs is 1. The Morgan fingerprint density at radius 1 is 1.06 bits per heavy atom. The lowest BCUT2D eigenvalue weighted by Crippen LogP contribution is -2.25. The van der Waals surface area contributed by atoms with E-state index < -0.39 is 5.91 Å². The maximum Gasteiger partial charge on any atom is 0.245 e. The summed E-state index contributed by atoms with van der Waals surface area (Å²) in [5.74, 6) is -0.789. The van der Waals surface area contributed by atoms with Gasteiger partial charge in [-0.2, -0.15) is 0 Å². The van der Waals surface area contributed by atoms with E-state index >= 15 is 0 Å². The van der Waals surface area contributed by atoms with E-state index in [-0.39, 0.29) is 18.3 Å². The van der Waals surface area contributed by atoms with Crippen molar-refractivity contribution in [2.45, 2.75) is 25.4 Å². The molecule has 4 aromatic rings. The highest BCUT2D eigenvalue weighted by molar-refractivity contribution is 5.83. The molecule has 3 N–H and O–H groups in total. The second-order valence-electron chi connectivity index (χ2n) is 7.33. The van der Waals surface area contributed by atoms with Crippen LogP contribution in [0.1, 0.15) is 23.7 Å². The zero-order chi connectivity index (χ0) is 21.6. The summed E-state index contributed by atoms with van der Waals surface area (Å²) in [5.41, 5.74) is 4.19. The second kappa shape index (κ2) is 9.36. The van der Waals surface area contributed by atoms with Crippen LogP contribution in [0.5, 0.6) is 0 Å². The quantitative estimate of drug-likeness (QED) is 0.298. The third-order valence-electron chi connectivity index (χ3n) is 5.08. The fraction of sp³-hybridized carbons (Fsp3) is 0.174. The third kappa shape index (κ3) is 5.23. The van der Waals surface area contributed by atoms with Gasteiger partial charge in [0.15, 0.2) is 0 Å². The van der Waals surface area contributed by atoms with Crippen molar-refractivity contribution in [1.82, 2.24) is 20.5 Å². The number of aromatic nitrogens is 3. The van der Waals surface area contributed by atoms with Gasteiger partial charge in [-0.1, -0.05) is 47.7 Å². The van der Waals surface area contributed by atoms with Gasteiger partial charge in [-0.3, -0.25) is 10.0 Å². The van der Waals surface area contributed by atoms with E-state index in [0.717, 1.165) is 22.0 Å². The first kappa shape index (κ1) is 20.5. The molecule has 1 heterocycles. The summed E-state index contributed by atoms with van der Waals surface area (Å²) >= 11 is 0. The minimum Gasteiger partial charge on any atom is -0.379 e. The van der Waals surface area contributed by atoms with Crippen LogP contribution in [0.2, 0.25) is 0 Å². The summed E-state index contributed by atoms with van der Waals surface area (Å²) in [6.45, 7) is 0.403. The lowest BCUT2D eigenvalue weighted by atomic mass is 10.00. The van der Waals surface area contributed by atoms with Gasteiger partial charge in [0.05, 0.1) is 25.2 Å². The highest BCUT2D eigenvalue weighted by Crippen LogP contribution is 2.22. The largest absolute Gasteiger partial charge is 0.379 e. The maximum atomic E-state index is 13.0. The number of hydrogen-bond acceptors (Lipinski definition) is 5. The molecule has 7 nitrogen and oxygen atoms in total. The van der Waals surface area contributed by atoms with Crippen molar-refractivity contribution >= 4 is 22.4 Å². The van der Waals surface area contributed by atoms with Crippen LogP contribution in [0.4, 0.5) is 10.1 Å². The average Bonchev–Trinajstić information content (AvgIpc) is 3.27. The molecular weight excluding hydrogens is 397 g/mol. The van der Waals surface area contributed by atoms with Crippen LogP contribution in [0.25, 0.3) is 10.8 Å². The van der Waals surface area contributed by atoms with Crippen LogP contribution < -0.4 is 10.8 Å². The van der Waals surface area contributed by atoms with Crippen molar-refractivity contribution < 1.29 is 14.4 Å². The zero-order valence-corrected chi connectivity index (χ0v) is 16.7. The molecule has 8 heteroatoms. The molecule has 0 aliphatic carbocycles. The van der Waals surface area contributed by atoms with Crippen molar-refractivity contribution in [3.05, 3.63) is 90.0 Å². The summed E-state index contributed by atoms with van der Waals surface area (Å²) < 4.78 is 14.7. The van der Waals surface area contributed by atoms with Crippen LogP contribution in [0, 0.1) is 5.82 Å². The highest BCUT2D eigenvalue weighted by Gasteiger charge is 2.18. The molecule has 0 aliphatic rings. The number of nitrogens with zero attached hydrogens (tertiary/aromatic N) is 3. The molecule has 0 saturated heterocycles. The minimum absolute atomic E-state index is 0.0531. The van der Waals surface area contributed by atoms with Crippen LogP contribution in [-0.4, -0.2) is 26.1 Å². The zero-order valence-electron chi connectivity index (χ0n) is 16.7. The molecule has 158 valence electrons. The molecule has 31 heavy (non-hydrogen) atoms. The molecule has 3 aromatic carbocycles. The number of carbonyl (C=O) groups is 1. The molecular formula is C23H22FN5O2.